The Kier molecular flexibility index (Phi) is 2.78. The van der Waals surface area contributed by atoms with Crippen LogP contribution in [0.25, 0.3) is 5.57 Å². The molecule has 0 aliphatic carbocycles. The number of sulfonamides is 1. The summed E-state index contributed by atoms with van der Waals surface area (Å²) in [6.45, 7) is 0.284. The highest BCUT2D eigenvalue weighted by atomic mass is 32.2. The van der Waals surface area contributed by atoms with Crippen LogP contribution in [0.15, 0.2) is 41.5 Å². The minimum atomic E-state index is -3.28. The molecule has 1 radical (unpaired) electrons. The van der Waals surface area contributed by atoms with Crippen LogP contribution in [-0.4, -0.2) is 31.9 Å². The lowest BCUT2D eigenvalue weighted by Crippen LogP contribution is -2.31. The largest absolute Gasteiger partial charge is 0.246 e. The second kappa shape index (κ2) is 4.09. The average molecular weight is 235 g/mol. The molecule has 0 amide bonds. The zero-order valence-electron chi connectivity index (χ0n) is 8.79. The summed E-state index contributed by atoms with van der Waals surface area (Å²) in [4.78, 5) is 3.82. The summed E-state index contributed by atoms with van der Waals surface area (Å²) in [5.41, 5.74) is 1.84. The van der Waals surface area contributed by atoms with Gasteiger partial charge in [-0.3, -0.25) is 0 Å². The van der Waals surface area contributed by atoms with Gasteiger partial charge in [-0.25, -0.2) is 17.7 Å². The van der Waals surface area contributed by atoms with Gasteiger partial charge in [0.1, 0.15) is 0 Å². The lowest BCUT2D eigenvalue weighted by molar-refractivity contribution is 0.551. The van der Waals surface area contributed by atoms with Gasteiger partial charge in [0.05, 0.1) is 12.8 Å². The Morgan fingerprint density at radius 1 is 1.31 bits per heavy atom. The topological polar surface area (TPSA) is 49.7 Å². The van der Waals surface area contributed by atoms with Gasteiger partial charge in [-0.15, -0.1) is 0 Å². The van der Waals surface area contributed by atoms with Crippen LogP contribution in [0, 0.1) is 0 Å². The molecule has 1 aliphatic heterocycles. The first-order valence-corrected chi connectivity index (χ1v) is 6.60. The maximum atomic E-state index is 11.3. The van der Waals surface area contributed by atoms with Gasteiger partial charge >= 0.3 is 0 Å². The van der Waals surface area contributed by atoms with E-state index >= 15 is 0 Å². The summed E-state index contributed by atoms with van der Waals surface area (Å²) < 4.78 is 23.8. The highest BCUT2D eigenvalue weighted by molar-refractivity contribution is 7.88. The van der Waals surface area contributed by atoms with Gasteiger partial charge in [0.2, 0.25) is 10.0 Å². The number of hydrogen-bond acceptors (Lipinski definition) is 3. The van der Waals surface area contributed by atoms with Crippen molar-refractivity contribution in [3.05, 3.63) is 42.1 Å². The van der Waals surface area contributed by atoms with Crippen LogP contribution in [0.1, 0.15) is 5.56 Å². The van der Waals surface area contributed by atoms with Crippen molar-refractivity contribution in [2.24, 2.45) is 4.99 Å². The second-order valence-corrected chi connectivity index (χ2v) is 5.43. The summed E-state index contributed by atoms with van der Waals surface area (Å²) in [7, 11) is -3.28. The van der Waals surface area contributed by atoms with E-state index in [1.165, 1.54) is 0 Å². The van der Waals surface area contributed by atoms with E-state index in [-0.39, 0.29) is 6.54 Å². The second-order valence-electron chi connectivity index (χ2n) is 3.52. The van der Waals surface area contributed by atoms with Crippen molar-refractivity contribution in [2.45, 2.75) is 0 Å². The maximum absolute atomic E-state index is 11.3. The predicted octanol–water partition coefficient (Wildman–Crippen LogP) is 1.21. The van der Waals surface area contributed by atoms with Crippen molar-refractivity contribution in [2.75, 3.05) is 12.8 Å². The SMILES string of the molecule is CS(=O)(=O)N1[C]=NC=C(c2ccccc2)C1. The molecule has 0 N–H and O–H groups in total. The van der Waals surface area contributed by atoms with Crippen molar-refractivity contribution in [3.8, 4) is 0 Å². The first-order valence-electron chi connectivity index (χ1n) is 4.75. The average Bonchev–Trinajstić information content (AvgIpc) is 2.29. The van der Waals surface area contributed by atoms with Crippen LogP contribution < -0.4 is 0 Å². The third-order valence-electron chi connectivity index (χ3n) is 2.25. The van der Waals surface area contributed by atoms with Gasteiger partial charge in [-0.2, -0.15) is 0 Å². The van der Waals surface area contributed by atoms with Crippen molar-refractivity contribution in [1.29, 1.82) is 0 Å². The summed E-state index contributed by atoms with van der Waals surface area (Å²) >= 11 is 0. The van der Waals surface area contributed by atoms with Gasteiger partial charge in [0, 0.05) is 6.20 Å². The van der Waals surface area contributed by atoms with E-state index in [4.69, 9.17) is 0 Å². The summed E-state index contributed by atoms with van der Waals surface area (Å²) in [5.74, 6) is 0. The quantitative estimate of drug-likeness (QED) is 0.773. The Morgan fingerprint density at radius 3 is 2.62 bits per heavy atom. The third-order valence-corrected chi connectivity index (χ3v) is 3.26. The molecule has 16 heavy (non-hydrogen) atoms. The molecule has 4 nitrogen and oxygen atoms in total. The normalized spacial score (nSPS) is 16.1. The van der Waals surface area contributed by atoms with Crippen molar-refractivity contribution in [3.63, 3.8) is 0 Å². The number of nitrogens with zero attached hydrogens (tertiary/aromatic N) is 2. The molecule has 0 aromatic heterocycles. The van der Waals surface area contributed by atoms with Gasteiger partial charge in [0.25, 0.3) is 0 Å². The van der Waals surface area contributed by atoms with Gasteiger partial charge in [-0.05, 0) is 11.1 Å². The van der Waals surface area contributed by atoms with E-state index < -0.39 is 10.0 Å². The summed E-state index contributed by atoms with van der Waals surface area (Å²) in [6, 6.07) is 9.57. The van der Waals surface area contributed by atoms with Crippen LogP contribution >= 0.6 is 0 Å². The van der Waals surface area contributed by atoms with Crippen LogP contribution in [-0.2, 0) is 10.0 Å². The fourth-order valence-corrected chi connectivity index (χ4v) is 1.98. The Bertz CT molecular complexity index is 532. The molecule has 0 spiro atoms. The third kappa shape index (κ3) is 2.30. The number of rotatable bonds is 2. The highest BCUT2D eigenvalue weighted by Crippen LogP contribution is 2.18. The predicted molar refractivity (Wildman–Crippen MR) is 63.4 cm³/mol. The van der Waals surface area contributed by atoms with Crippen molar-refractivity contribution < 1.29 is 8.42 Å². The first-order chi connectivity index (χ1) is 7.57. The fraction of sp³-hybridized carbons (Fsp3) is 0.182. The van der Waals surface area contributed by atoms with E-state index in [9.17, 15) is 8.42 Å². The molecule has 2 rings (SSSR count). The summed E-state index contributed by atoms with van der Waals surface area (Å²) in [5, 5.41) is 0. The molecular formula is C11H11N2O2S. The maximum Gasteiger partial charge on any atom is 0.233 e. The molecule has 0 atom stereocenters. The molecule has 0 saturated carbocycles. The zero-order valence-corrected chi connectivity index (χ0v) is 9.61. The number of benzene rings is 1. The molecule has 1 aliphatic rings. The molecule has 1 heterocycles. The smallest absolute Gasteiger partial charge is 0.233 e. The lowest BCUT2D eigenvalue weighted by atomic mass is 10.1. The Labute approximate surface area is 95.0 Å². The molecule has 0 bridgehead atoms. The molecule has 5 heteroatoms. The van der Waals surface area contributed by atoms with E-state index in [0.717, 1.165) is 21.7 Å². The Morgan fingerprint density at radius 2 is 2.00 bits per heavy atom. The molecule has 1 aromatic rings. The molecule has 1 aromatic carbocycles. The van der Waals surface area contributed by atoms with Crippen molar-refractivity contribution >= 4 is 21.9 Å². The van der Waals surface area contributed by atoms with Gasteiger partial charge in [-0.1, -0.05) is 30.3 Å². The number of aliphatic imine (C=N–C) groups is 1. The summed E-state index contributed by atoms with van der Waals surface area (Å²) in [6.07, 6.45) is 5.23. The first kappa shape index (κ1) is 10.9. The molecule has 83 valence electrons. The minimum absolute atomic E-state index is 0.284. The van der Waals surface area contributed by atoms with Crippen LogP contribution in [0.3, 0.4) is 0 Å². The van der Waals surface area contributed by atoms with E-state index in [1.54, 1.807) is 6.20 Å². The Balaban J connectivity index is 2.28. The van der Waals surface area contributed by atoms with Crippen LogP contribution in [0.5, 0.6) is 0 Å². The molecule has 0 saturated heterocycles. The zero-order chi connectivity index (χ0) is 11.6. The minimum Gasteiger partial charge on any atom is -0.246 e. The van der Waals surface area contributed by atoms with E-state index in [1.807, 2.05) is 30.3 Å². The highest BCUT2D eigenvalue weighted by Gasteiger charge is 2.18. The van der Waals surface area contributed by atoms with Gasteiger partial charge < -0.3 is 0 Å². The van der Waals surface area contributed by atoms with Gasteiger partial charge in [0.15, 0.2) is 6.34 Å². The molecular weight excluding hydrogens is 224 g/mol. The fourth-order valence-electron chi connectivity index (χ4n) is 1.41. The molecule has 0 fully saturated rings. The van der Waals surface area contributed by atoms with Crippen LogP contribution in [0.2, 0.25) is 0 Å². The van der Waals surface area contributed by atoms with Crippen LogP contribution in [0.4, 0.5) is 0 Å². The van der Waals surface area contributed by atoms with E-state index in [2.05, 4.69) is 11.3 Å². The standard InChI is InChI=1S/C11H11N2O2S/c1-16(14,15)13-8-11(7-12-9-13)10-5-3-2-4-6-10/h2-7H,8H2,1H3. The lowest BCUT2D eigenvalue weighted by Gasteiger charge is -2.20. The molecule has 0 unspecified atom stereocenters. The Hall–Kier alpha value is -1.62. The monoisotopic (exact) mass is 235 g/mol. The number of hydrogen-bond donors (Lipinski definition) is 0. The van der Waals surface area contributed by atoms with E-state index in [0.29, 0.717) is 0 Å². The van der Waals surface area contributed by atoms with Crippen molar-refractivity contribution in [1.82, 2.24) is 4.31 Å².